The highest BCUT2D eigenvalue weighted by Gasteiger charge is 2.33. The second-order valence-corrected chi connectivity index (χ2v) is 10.3. The Labute approximate surface area is 236 Å². The van der Waals surface area contributed by atoms with Crippen LogP contribution in [0.1, 0.15) is 35.4 Å². The van der Waals surface area contributed by atoms with Crippen LogP contribution in [0, 0.1) is 0 Å². The molecule has 2 aliphatic heterocycles. The van der Waals surface area contributed by atoms with E-state index in [1.54, 1.807) is 7.11 Å². The van der Waals surface area contributed by atoms with Gasteiger partial charge in [-0.25, -0.2) is 4.79 Å². The van der Waals surface area contributed by atoms with E-state index in [2.05, 4.69) is 35.2 Å². The summed E-state index contributed by atoms with van der Waals surface area (Å²) >= 11 is 0. The molecule has 0 saturated carbocycles. The van der Waals surface area contributed by atoms with Gasteiger partial charge in [0.2, 0.25) is 0 Å². The monoisotopic (exact) mass is 546 g/mol. The first kappa shape index (κ1) is 27.8. The van der Waals surface area contributed by atoms with E-state index in [1.807, 2.05) is 42.5 Å². The third kappa shape index (κ3) is 7.06. The van der Waals surface area contributed by atoms with E-state index in [-0.39, 0.29) is 12.0 Å². The van der Waals surface area contributed by atoms with E-state index in [0.29, 0.717) is 39.3 Å². The largest absolute Gasteiger partial charge is 0.490 e. The van der Waals surface area contributed by atoms with E-state index in [4.69, 9.17) is 18.9 Å². The molecule has 8 heteroatoms. The number of fused-ring (bicyclic) bond motifs is 1. The van der Waals surface area contributed by atoms with Crippen molar-refractivity contribution in [1.82, 2.24) is 4.90 Å². The van der Waals surface area contributed by atoms with Gasteiger partial charge in [0.15, 0.2) is 0 Å². The zero-order valence-corrected chi connectivity index (χ0v) is 23.0. The zero-order valence-electron chi connectivity index (χ0n) is 23.0. The lowest BCUT2D eigenvalue weighted by molar-refractivity contribution is -0.0199. The van der Waals surface area contributed by atoms with Gasteiger partial charge in [0, 0.05) is 32.7 Å². The third-order valence-corrected chi connectivity index (χ3v) is 7.61. The number of carbonyl (C=O) groups is 1. The Balaban J connectivity index is 1.25. The molecule has 2 heterocycles. The van der Waals surface area contributed by atoms with Gasteiger partial charge < -0.3 is 33.9 Å². The number of likely N-dealkylation sites (tertiary alicyclic amines) is 1. The highest BCUT2D eigenvalue weighted by molar-refractivity contribution is 5.65. The van der Waals surface area contributed by atoms with Crippen molar-refractivity contribution < 1.29 is 28.8 Å². The van der Waals surface area contributed by atoms with Crippen LogP contribution in [0.25, 0.3) is 0 Å². The molecule has 0 spiro atoms. The lowest BCUT2D eigenvalue weighted by Crippen LogP contribution is -2.46. The molecule has 1 saturated heterocycles. The fourth-order valence-corrected chi connectivity index (χ4v) is 5.43. The summed E-state index contributed by atoms with van der Waals surface area (Å²) in [5.74, 6) is 1.83. The molecule has 1 amide bonds. The Morgan fingerprint density at radius 3 is 2.58 bits per heavy atom. The van der Waals surface area contributed by atoms with Crippen molar-refractivity contribution in [3.63, 3.8) is 0 Å². The summed E-state index contributed by atoms with van der Waals surface area (Å²) in [7, 11) is 1.72. The topological polar surface area (TPSA) is 80.7 Å². The van der Waals surface area contributed by atoms with Crippen LogP contribution in [0.3, 0.4) is 0 Å². The van der Waals surface area contributed by atoms with E-state index in [9.17, 15) is 9.90 Å². The Kier molecular flexibility index (Phi) is 9.42. The second kappa shape index (κ2) is 13.5. The van der Waals surface area contributed by atoms with Crippen molar-refractivity contribution in [2.75, 3.05) is 51.4 Å². The maximum atomic E-state index is 11.8. The average Bonchev–Trinajstić information content (AvgIpc) is 3.00. The van der Waals surface area contributed by atoms with Crippen molar-refractivity contribution in [2.45, 2.75) is 38.1 Å². The highest BCUT2D eigenvalue weighted by atomic mass is 16.5. The number of anilines is 1. The third-order valence-electron chi connectivity index (χ3n) is 7.61. The van der Waals surface area contributed by atoms with Crippen molar-refractivity contribution in [3.8, 4) is 11.5 Å². The molecular weight excluding hydrogens is 508 g/mol. The number of nitrogens with zero attached hydrogens (tertiary/aromatic N) is 2. The first-order valence-corrected chi connectivity index (χ1v) is 14.0. The molecule has 1 fully saturated rings. The fourth-order valence-electron chi connectivity index (χ4n) is 5.43. The number of amides is 1. The fraction of sp³-hybridized carbons (Fsp3) is 0.406. The number of methoxy groups -OCH3 is 1. The van der Waals surface area contributed by atoms with Crippen molar-refractivity contribution in [3.05, 3.63) is 89.5 Å². The molecule has 2 atom stereocenters. The summed E-state index contributed by atoms with van der Waals surface area (Å²) in [6.45, 7) is 4.86. The Bertz CT molecular complexity index is 1240. The van der Waals surface area contributed by atoms with Crippen LogP contribution < -0.4 is 14.4 Å². The molecule has 0 aliphatic carbocycles. The van der Waals surface area contributed by atoms with Crippen molar-refractivity contribution in [1.29, 1.82) is 0 Å². The summed E-state index contributed by atoms with van der Waals surface area (Å²) in [5.41, 5.74) is 4.35. The molecule has 2 aliphatic rings. The Morgan fingerprint density at radius 1 is 1.00 bits per heavy atom. The van der Waals surface area contributed by atoms with Crippen molar-refractivity contribution >= 4 is 11.8 Å². The Morgan fingerprint density at radius 2 is 1.80 bits per heavy atom. The molecule has 2 unspecified atom stereocenters. The van der Waals surface area contributed by atoms with Gasteiger partial charge in [-0.15, -0.1) is 0 Å². The van der Waals surface area contributed by atoms with Crippen LogP contribution in [-0.4, -0.2) is 68.7 Å². The van der Waals surface area contributed by atoms with Crippen LogP contribution in [0.5, 0.6) is 11.5 Å². The van der Waals surface area contributed by atoms with Crippen LogP contribution in [0.15, 0.2) is 72.8 Å². The minimum Gasteiger partial charge on any atom is -0.490 e. The number of hydrogen-bond acceptors (Lipinski definition) is 6. The van der Waals surface area contributed by atoms with Crippen LogP contribution in [0.2, 0.25) is 0 Å². The normalized spacial score (nSPS) is 18.6. The first-order chi connectivity index (χ1) is 19.6. The molecule has 212 valence electrons. The van der Waals surface area contributed by atoms with Crippen molar-refractivity contribution in [2.24, 2.45) is 0 Å². The molecule has 0 aromatic heterocycles. The molecule has 40 heavy (non-hydrogen) atoms. The van der Waals surface area contributed by atoms with E-state index in [0.717, 1.165) is 60.0 Å². The smallest absolute Gasteiger partial charge is 0.407 e. The van der Waals surface area contributed by atoms with Gasteiger partial charge in [-0.2, -0.15) is 0 Å². The maximum Gasteiger partial charge on any atom is 0.407 e. The molecule has 3 aromatic rings. The summed E-state index contributed by atoms with van der Waals surface area (Å²) < 4.78 is 23.5. The van der Waals surface area contributed by atoms with Gasteiger partial charge in [0.1, 0.15) is 24.7 Å². The SMILES string of the molecule is COCCCN1CCOc2ccc(COC3CN(C(=O)O)CCC3c3ccc(COc4ccccc4)cc3)cc21. The summed E-state index contributed by atoms with van der Waals surface area (Å²) in [4.78, 5) is 15.6. The summed E-state index contributed by atoms with van der Waals surface area (Å²) in [6, 6.07) is 24.4. The molecule has 5 rings (SSSR count). The highest BCUT2D eigenvalue weighted by Crippen LogP contribution is 2.35. The van der Waals surface area contributed by atoms with Crippen LogP contribution >= 0.6 is 0 Å². The molecule has 0 radical (unpaired) electrons. The number of benzene rings is 3. The molecule has 3 aromatic carbocycles. The van der Waals surface area contributed by atoms with Crippen LogP contribution in [-0.2, 0) is 22.7 Å². The molecular formula is C32H38N2O6. The van der Waals surface area contributed by atoms with E-state index >= 15 is 0 Å². The zero-order chi connectivity index (χ0) is 27.7. The van der Waals surface area contributed by atoms with Gasteiger partial charge in [0.05, 0.1) is 31.5 Å². The second-order valence-electron chi connectivity index (χ2n) is 10.3. The van der Waals surface area contributed by atoms with Gasteiger partial charge in [0.25, 0.3) is 0 Å². The predicted molar refractivity (Wildman–Crippen MR) is 153 cm³/mol. The van der Waals surface area contributed by atoms with Gasteiger partial charge in [-0.3, -0.25) is 0 Å². The summed E-state index contributed by atoms with van der Waals surface area (Å²) in [6.07, 6.45) is 0.504. The van der Waals surface area contributed by atoms with Gasteiger partial charge in [-0.05, 0) is 53.8 Å². The number of piperidine rings is 1. The lowest BCUT2D eigenvalue weighted by Gasteiger charge is -2.37. The Hall–Kier alpha value is -3.75. The first-order valence-electron chi connectivity index (χ1n) is 14.0. The van der Waals surface area contributed by atoms with E-state index < -0.39 is 6.09 Å². The number of para-hydroxylation sites is 1. The van der Waals surface area contributed by atoms with Gasteiger partial charge in [-0.1, -0.05) is 48.5 Å². The average molecular weight is 547 g/mol. The maximum absolute atomic E-state index is 11.8. The molecule has 8 nitrogen and oxygen atoms in total. The number of hydrogen-bond donors (Lipinski definition) is 1. The number of rotatable bonds is 11. The number of ether oxygens (including phenoxy) is 4. The predicted octanol–water partition coefficient (Wildman–Crippen LogP) is 5.55. The minimum atomic E-state index is -0.905. The quantitative estimate of drug-likeness (QED) is 0.316. The summed E-state index contributed by atoms with van der Waals surface area (Å²) in [5, 5.41) is 9.67. The molecule has 0 bridgehead atoms. The minimum absolute atomic E-state index is 0.103. The number of carboxylic acid groups (broad SMARTS) is 1. The molecule has 1 N–H and O–H groups in total. The standard InChI is InChI=1S/C32H38N2O6/c1-37-18-5-15-33-17-19-38-30-13-10-25(20-29(30)33)23-40-31-21-34(32(35)36)16-14-28(31)26-11-8-24(9-12-26)22-39-27-6-3-2-4-7-27/h2-4,6-13,20,28,31H,5,14-19,21-23H2,1H3,(H,35,36). The lowest BCUT2D eigenvalue weighted by atomic mass is 9.86. The van der Waals surface area contributed by atoms with Gasteiger partial charge >= 0.3 is 6.09 Å². The van der Waals surface area contributed by atoms with Crippen LogP contribution in [0.4, 0.5) is 10.5 Å². The van der Waals surface area contributed by atoms with E-state index in [1.165, 1.54) is 4.90 Å².